The Morgan fingerprint density at radius 1 is 1.31 bits per heavy atom. The van der Waals surface area contributed by atoms with E-state index in [2.05, 4.69) is 6.07 Å². The maximum atomic E-state index is 13.4. The van der Waals surface area contributed by atoms with Crippen LogP contribution in [0.5, 0.6) is 0 Å². The Balaban J connectivity index is 2.14. The maximum absolute atomic E-state index is 13.4. The first-order valence-corrected chi connectivity index (χ1v) is 6.10. The molecule has 1 aromatic carbocycles. The van der Waals surface area contributed by atoms with Crippen molar-refractivity contribution >= 4 is 11.8 Å². The Morgan fingerprint density at radius 3 is 2.88 bits per heavy atom. The minimum Gasteiger partial charge on any atom is -0.207 e. The van der Waals surface area contributed by atoms with Crippen molar-refractivity contribution in [3.63, 3.8) is 0 Å². The summed E-state index contributed by atoms with van der Waals surface area (Å²) in [6, 6.07) is 5.67. The summed E-state index contributed by atoms with van der Waals surface area (Å²) < 4.78 is 26.3. The molecule has 1 aliphatic rings. The van der Waals surface area contributed by atoms with Crippen molar-refractivity contribution in [2.45, 2.75) is 29.4 Å². The summed E-state index contributed by atoms with van der Waals surface area (Å²) in [6.07, 6.45) is 2.76. The summed E-state index contributed by atoms with van der Waals surface area (Å²) in [5.74, 6) is -0.877. The number of rotatable bonds is 2. The zero-order valence-electron chi connectivity index (χ0n) is 8.62. The lowest BCUT2D eigenvalue weighted by Gasteiger charge is -2.13. The van der Waals surface area contributed by atoms with Gasteiger partial charge in [-0.05, 0) is 31.0 Å². The molecule has 1 nitrogen and oxygen atoms in total. The van der Waals surface area contributed by atoms with Gasteiger partial charge in [-0.1, -0.05) is 6.42 Å². The maximum Gasteiger partial charge on any atom is 0.136 e. The zero-order valence-corrected chi connectivity index (χ0v) is 9.44. The van der Waals surface area contributed by atoms with Gasteiger partial charge in [0.15, 0.2) is 0 Å². The number of hydrogen-bond acceptors (Lipinski definition) is 2. The molecule has 2 atom stereocenters. The molecule has 0 aromatic heterocycles. The fourth-order valence-electron chi connectivity index (χ4n) is 1.95. The molecule has 0 aliphatic heterocycles. The van der Waals surface area contributed by atoms with Crippen LogP contribution in [0.2, 0.25) is 0 Å². The van der Waals surface area contributed by atoms with Gasteiger partial charge in [-0.15, -0.1) is 11.8 Å². The van der Waals surface area contributed by atoms with Crippen LogP contribution in [0.25, 0.3) is 0 Å². The molecule has 0 amide bonds. The Hall–Kier alpha value is -1.08. The van der Waals surface area contributed by atoms with Crippen LogP contribution in [-0.2, 0) is 0 Å². The second kappa shape index (κ2) is 4.84. The topological polar surface area (TPSA) is 23.8 Å². The quantitative estimate of drug-likeness (QED) is 0.784. The number of halogens is 2. The number of hydrogen-bond donors (Lipinski definition) is 0. The van der Waals surface area contributed by atoms with Gasteiger partial charge in [0.1, 0.15) is 11.6 Å². The van der Waals surface area contributed by atoms with E-state index in [1.54, 1.807) is 0 Å². The third kappa shape index (κ3) is 2.35. The van der Waals surface area contributed by atoms with Gasteiger partial charge >= 0.3 is 0 Å². The number of thioether (sulfide) groups is 1. The smallest absolute Gasteiger partial charge is 0.136 e. The summed E-state index contributed by atoms with van der Waals surface area (Å²) in [7, 11) is 0. The molecule has 1 aromatic rings. The normalized spacial score (nSPS) is 24.3. The van der Waals surface area contributed by atoms with Crippen molar-refractivity contribution in [3.05, 3.63) is 29.8 Å². The van der Waals surface area contributed by atoms with Crippen LogP contribution in [0.4, 0.5) is 8.78 Å². The van der Waals surface area contributed by atoms with Crippen LogP contribution in [0.15, 0.2) is 23.1 Å². The standard InChI is InChI=1S/C12H11F2NS/c13-9-4-5-10(14)12(6-9)16-11-3-1-2-8(11)7-15/h4-6,8,11H,1-3H2. The predicted molar refractivity (Wildman–Crippen MR) is 59.0 cm³/mol. The van der Waals surface area contributed by atoms with Gasteiger partial charge < -0.3 is 0 Å². The third-order valence-electron chi connectivity index (χ3n) is 2.79. The summed E-state index contributed by atoms with van der Waals surface area (Å²) >= 11 is 1.29. The Kier molecular flexibility index (Phi) is 3.45. The fraction of sp³-hybridized carbons (Fsp3) is 0.417. The van der Waals surface area contributed by atoms with Gasteiger partial charge in [-0.25, -0.2) is 8.78 Å². The Bertz CT molecular complexity index is 428. The minimum atomic E-state index is -0.435. The highest BCUT2D eigenvalue weighted by Crippen LogP contribution is 2.39. The lowest BCUT2D eigenvalue weighted by atomic mass is 10.1. The molecule has 0 saturated heterocycles. The summed E-state index contributed by atoms with van der Waals surface area (Å²) in [5, 5.41) is 9.01. The molecule has 0 bridgehead atoms. The van der Waals surface area contributed by atoms with Crippen LogP contribution in [-0.4, -0.2) is 5.25 Å². The zero-order chi connectivity index (χ0) is 11.5. The van der Waals surface area contributed by atoms with Crippen molar-refractivity contribution in [1.82, 2.24) is 0 Å². The summed E-state index contributed by atoms with van der Waals surface area (Å²) in [5.41, 5.74) is 0. The lowest BCUT2D eigenvalue weighted by Crippen LogP contribution is -2.07. The van der Waals surface area contributed by atoms with Crippen LogP contribution < -0.4 is 0 Å². The summed E-state index contributed by atoms with van der Waals surface area (Å²) in [4.78, 5) is 0.312. The first-order chi connectivity index (χ1) is 7.70. The molecular weight excluding hydrogens is 228 g/mol. The van der Waals surface area contributed by atoms with Crippen LogP contribution in [0, 0.1) is 28.9 Å². The third-order valence-corrected chi connectivity index (χ3v) is 4.22. The van der Waals surface area contributed by atoms with Crippen molar-refractivity contribution in [2.24, 2.45) is 5.92 Å². The van der Waals surface area contributed by atoms with E-state index in [9.17, 15) is 8.78 Å². The highest BCUT2D eigenvalue weighted by molar-refractivity contribution is 8.00. The Labute approximate surface area is 97.5 Å². The van der Waals surface area contributed by atoms with Crippen LogP contribution >= 0.6 is 11.8 Å². The molecule has 0 spiro atoms. The molecule has 1 aliphatic carbocycles. The average molecular weight is 239 g/mol. The SMILES string of the molecule is N#CC1CCCC1Sc1cc(F)ccc1F. The number of benzene rings is 1. The van der Waals surface area contributed by atoms with Gasteiger partial charge in [0.2, 0.25) is 0 Å². The van der Waals surface area contributed by atoms with E-state index in [0.717, 1.165) is 31.4 Å². The molecule has 16 heavy (non-hydrogen) atoms. The largest absolute Gasteiger partial charge is 0.207 e. The van der Waals surface area contributed by atoms with E-state index in [1.807, 2.05) is 0 Å². The van der Waals surface area contributed by atoms with Crippen LogP contribution in [0.1, 0.15) is 19.3 Å². The van der Waals surface area contributed by atoms with Gasteiger partial charge in [-0.2, -0.15) is 5.26 Å². The van der Waals surface area contributed by atoms with Gasteiger partial charge in [0, 0.05) is 10.1 Å². The van der Waals surface area contributed by atoms with Crippen molar-refractivity contribution < 1.29 is 8.78 Å². The van der Waals surface area contributed by atoms with Gasteiger partial charge in [0.25, 0.3) is 0 Å². The average Bonchev–Trinajstić information content (AvgIpc) is 2.71. The molecule has 2 rings (SSSR count). The van der Waals surface area contributed by atoms with E-state index in [1.165, 1.54) is 17.8 Å². The second-order valence-corrected chi connectivity index (χ2v) is 5.18. The molecule has 84 valence electrons. The monoisotopic (exact) mass is 239 g/mol. The van der Waals surface area contributed by atoms with E-state index in [-0.39, 0.29) is 11.2 Å². The highest BCUT2D eigenvalue weighted by Gasteiger charge is 2.28. The fourth-order valence-corrected chi connectivity index (χ4v) is 3.28. The van der Waals surface area contributed by atoms with Gasteiger partial charge in [-0.3, -0.25) is 0 Å². The first kappa shape index (κ1) is 11.4. The summed E-state index contributed by atoms with van der Waals surface area (Å²) in [6.45, 7) is 0. The van der Waals surface area contributed by atoms with Crippen molar-refractivity contribution in [3.8, 4) is 6.07 Å². The minimum absolute atomic E-state index is 0.0346. The van der Waals surface area contributed by atoms with Crippen molar-refractivity contribution in [1.29, 1.82) is 5.26 Å². The second-order valence-electron chi connectivity index (χ2n) is 3.90. The van der Waals surface area contributed by atoms with E-state index < -0.39 is 11.6 Å². The number of nitriles is 1. The first-order valence-electron chi connectivity index (χ1n) is 5.22. The molecule has 0 radical (unpaired) electrons. The molecule has 0 N–H and O–H groups in total. The van der Waals surface area contributed by atoms with E-state index in [0.29, 0.717) is 4.90 Å². The number of nitrogens with zero attached hydrogens (tertiary/aromatic N) is 1. The van der Waals surface area contributed by atoms with E-state index >= 15 is 0 Å². The van der Waals surface area contributed by atoms with Crippen LogP contribution in [0.3, 0.4) is 0 Å². The van der Waals surface area contributed by atoms with Crippen molar-refractivity contribution in [2.75, 3.05) is 0 Å². The van der Waals surface area contributed by atoms with Gasteiger partial charge in [0.05, 0.1) is 12.0 Å². The lowest BCUT2D eigenvalue weighted by molar-refractivity contribution is 0.576. The van der Waals surface area contributed by atoms with E-state index in [4.69, 9.17) is 5.26 Å². The molecule has 1 fully saturated rings. The molecule has 4 heteroatoms. The molecule has 0 heterocycles. The molecular formula is C12H11F2NS. The predicted octanol–water partition coefficient (Wildman–Crippen LogP) is 3.75. The Morgan fingerprint density at radius 2 is 2.12 bits per heavy atom. The highest BCUT2D eigenvalue weighted by atomic mass is 32.2. The molecule has 1 saturated carbocycles. The molecule has 2 unspecified atom stereocenters.